The molecule has 1 aliphatic carbocycles. The number of nitriles is 1. The van der Waals surface area contributed by atoms with Gasteiger partial charge in [0.05, 0.1) is 24.0 Å². The van der Waals surface area contributed by atoms with Gasteiger partial charge in [-0.3, -0.25) is 0 Å². The largest absolute Gasteiger partial charge is 0.488 e. The lowest BCUT2D eigenvalue weighted by Gasteiger charge is -2.33. The number of ether oxygens (including phenoxy) is 2. The highest BCUT2D eigenvalue weighted by Gasteiger charge is 2.30. The van der Waals surface area contributed by atoms with Crippen LogP contribution in [0.2, 0.25) is 0 Å². The molecule has 1 amide bonds. The van der Waals surface area contributed by atoms with Crippen LogP contribution in [0.4, 0.5) is 4.79 Å². The molecule has 2 aliphatic rings. The molecule has 0 unspecified atom stereocenters. The number of hydrogen-bond acceptors (Lipinski definition) is 7. The number of carbonyl (C=O) groups excluding carboxylic acids is 1. The number of nitrogens with zero attached hydrogens (tertiary/aromatic N) is 7. The number of aromatic nitrogens is 5. The quantitative estimate of drug-likeness (QED) is 0.414. The number of pyridine rings is 1. The summed E-state index contributed by atoms with van der Waals surface area (Å²) in [6.07, 6.45) is 10.9. The lowest BCUT2D eigenvalue weighted by molar-refractivity contribution is 0.0184. The molecule has 5 rings (SSSR count). The fourth-order valence-corrected chi connectivity index (χ4v) is 5.86. The molecule has 1 saturated heterocycles. The molecule has 10 nitrogen and oxygen atoms in total. The minimum Gasteiger partial charge on any atom is -0.488 e. The van der Waals surface area contributed by atoms with Gasteiger partial charge in [-0.1, -0.05) is 24.5 Å². The van der Waals surface area contributed by atoms with E-state index in [1.165, 1.54) is 32.1 Å². The minimum absolute atomic E-state index is 0.0396. The molecule has 0 N–H and O–H groups in total. The maximum Gasteiger partial charge on any atom is 0.410 e. The van der Waals surface area contributed by atoms with Crippen LogP contribution in [0.25, 0.3) is 16.8 Å². The van der Waals surface area contributed by atoms with E-state index in [0.717, 1.165) is 29.8 Å². The summed E-state index contributed by atoms with van der Waals surface area (Å²) in [4.78, 5) is 14.2. The van der Waals surface area contributed by atoms with Crippen LogP contribution in [0, 0.1) is 24.2 Å². The Bertz CT molecular complexity index is 1370. The van der Waals surface area contributed by atoms with E-state index in [9.17, 15) is 10.1 Å². The zero-order valence-electron chi connectivity index (χ0n) is 23.7. The second kappa shape index (κ2) is 10.9. The van der Waals surface area contributed by atoms with E-state index < -0.39 is 5.60 Å². The molecule has 2 fully saturated rings. The Hall–Kier alpha value is -3.61. The molecule has 0 bridgehead atoms. The maximum absolute atomic E-state index is 12.5. The summed E-state index contributed by atoms with van der Waals surface area (Å²) in [6, 6.07) is 4.37. The highest BCUT2D eigenvalue weighted by Crippen LogP contribution is 2.35. The Kier molecular flexibility index (Phi) is 7.52. The third-order valence-corrected chi connectivity index (χ3v) is 7.99. The first-order valence-electron chi connectivity index (χ1n) is 14.1. The minimum atomic E-state index is -0.508. The molecule has 1 saturated carbocycles. The lowest BCUT2D eigenvalue weighted by atomic mass is 9.86. The van der Waals surface area contributed by atoms with Crippen molar-refractivity contribution in [1.29, 1.82) is 5.26 Å². The second-order valence-electron chi connectivity index (χ2n) is 11.9. The molecule has 0 aromatic carbocycles. The van der Waals surface area contributed by atoms with Gasteiger partial charge in [0.25, 0.3) is 0 Å². The number of carbonyl (C=O) groups is 1. The Morgan fingerprint density at radius 3 is 2.54 bits per heavy atom. The molecule has 0 radical (unpaired) electrons. The van der Waals surface area contributed by atoms with Crippen LogP contribution >= 0.6 is 0 Å². The Morgan fingerprint density at radius 1 is 1.15 bits per heavy atom. The molecule has 0 spiro atoms. The standard InChI is InChI=1S/C29H39N7O3/c1-19-26(32-33-36(19)24-11-13-34(14-12-24)28(37)39-29(3,4)5)22-15-25(27-23(16-30)17-31-35(27)18-22)38-20(2)21-9-7-6-8-10-21/h15,17-18,20-21,24H,6-14H2,1-5H3/t20-/m1/s1. The first-order chi connectivity index (χ1) is 18.6. The summed E-state index contributed by atoms with van der Waals surface area (Å²) in [7, 11) is 0. The fourth-order valence-electron chi connectivity index (χ4n) is 5.86. The maximum atomic E-state index is 12.5. The normalized spacial score (nSPS) is 18.2. The van der Waals surface area contributed by atoms with Crippen LogP contribution in [0.1, 0.15) is 89.9 Å². The van der Waals surface area contributed by atoms with Crippen molar-refractivity contribution in [3.8, 4) is 23.1 Å². The van der Waals surface area contributed by atoms with Crippen molar-refractivity contribution in [3.63, 3.8) is 0 Å². The number of fused-ring (bicyclic) bond motifs is 1. The SMILES string of the molecule is Cc1c(-c2cc(O[C@H](C)C3CCCCC3)c3c(C#N)cnn3c2)nnn1C1CCN(C(=O)OC(C)(C)C)CC1. The van der Waals surface area contributed by atoms with E-state index in [1.54, 1.807) is 15.6 Å². The van der Waals surface area contributed by atoms with Gasteiger partial charge in [-0.15, -0.1) is 5.10 Å². The third kappa shape index (κ3) is 5.72. The van der Waals surface area contributed by atoms with Crippen LogP contribution in [0.15, 0.2) is 18.5 Å². The van der Waals surface area contributed by atoms with Crippen molar-refractivity contribution >= 4 is 11.6 Å². The van der Waals surface area contributed by atoms with Gasteiger partial charge in [-0.2, -0.15) is 10.4 Å². The van der Waals surface area contributed by atoms with Gasteiger partial charge in [-0.05, 0) is 72.3 Å². The van der Waals surface area contributed by atoms with Gasteiger partial charge in [0.2, 0.25) is 0 Å². The zero-order chi connectivity index (χ0) is 27.7. The molecule has 1 aliphatic heterocycles. The van der Waals surface area contributed by atoms with E-state index in [-0.39, 0.29) is 18.2 Å². The molecule has 10 heteroatoms. The third-order valence-electron chi connectivity index (χ3n) is 7.99. The molecule has 1 atom stereocenters. The summed E-state index contributed by atoms with van der Waals surface area (Å²) in [6.45, 7) is 11.0. The van der Waals surface area contributed by atoms with Crippen LogP contribution in [0.5, 0.6) is 5.75 Å². The van der Waals surface area contributed by atoms with Gasteiger partial charge < -0.3 is 14.4 Å². The number of hydrogen-bond donors (Lipinski definition) is 0. The van der Waals surface area contributed by atoms with Crippen LogP contribution in [-0.4, -0.2) is 60.4 Å². The van der Waals surface area contributed by atoms with Crippen LogP contribution in [0.3, 0.4) is 0 Å². The van der Waals surface area contributed by atoms with Crippen LogP contribution in [-0.2, 0) is 4.74 Å². The molecule has 208 valence electrons. The van der Waals surface area contributed by atoms with Crippen molar-refractivity contribution in [3.05, 3.63) is 29.7 Å². The second-order valence-corrected chi connectivity index (χ2v) is 11.9. The Morgan fingerprint density at radius 2 is 1.87 bits per heavy atom. The van der Waals surface area contributed by atoms with Crippen molar-refractivity contribution in [2.45, 2.75) is 97.3 Å². The smallest absolute Gasteiger partial charge is 0.410 e. The first-order valence-corrected chi connectivity index (χ1v) is 14.1. The highest BCUT2D eigenvalue weighted by atomic mass is 16.6. The zero-order valence-corrected chi connectivity index (χ0v) is 23.7. The van der Waals surface area contributed by atoms with Gasteiger partial charge in [0.1, 0.15) is 34.2 Å². The molecular weight excluding hydrogens is 494 g/mol. The highest BCUT2D eigenvalue weighted by molar-refractivity contribution is 5.75. The predicted molar refractivity (Wildman–Crippen MR) is 146 cm³/mol. The number of piperidine rings is 1. The molecule has 3 aromatic rings. The Labute approximate surface area is 229 Å². The first kappa shape index (κ1) is 27.0. The van der Waals surface area contributed by atoms with E-state index in [0.29, 0.717) is 35.8 Å². The summed E-state index contributed by atoms with van der Waals surface area (Å²) in [5, 5.41) is 23.2. The number of rotatable bonds is 5. The fraction of sp³-hybridized carbons (Fsp3) is 0.621. The van der Waals surface area contributed by atoms with Crippen molar-refractivity contribution in [2.75, 3.05) is 13.1 Å². The van der Waals surface area contributed by atoms with Gasteiger partial charge in [0.15, 0.2) is 0 Å². The molecular formula is C29H39N7O3. The van der Waals surface area contributed by atoms with E-state index in [2.05, 4.69) is 28.4 Å². The topological polar surface area (TPSA) is 111 Å². The lowest BCUT2D eigenvalue weighted by Crippen LogP contribution is -2.42. The number of amides is 1. The average Bonchev–Trinajstić information content (AvgIpc) is 3.51. The molecule has 4 heterocycles. The van der Waals surface area contributed by atoms with Crippen LogP contribution < -0.4 is 4.74 Å². The van der Waals surface area contributed by atoms with E-state index in [4.69, 9.17) is 9.47 Å². The van der Waals surface area contributed by atoms with Crippen molar-refractivity contribution < 1.29 is 14.3 Å². The van der Waals surface area contributed by atoms with Gasteiger partial charge in [-0.25, -0.2) is 14.0 Å². The molecule has 3 aromatic heterocycles. The number of likely N-dealkylation sites (tertiary alicyclic amines) is 1. The summed E-state index contributed by atoms with van der Waals surface area (Å²) in [5.74, 6) is 1.16. The predicted octanol–water partition coefficient (Wildman–Crippen LogP) is 5.69. The van der Waals surface area contributed by atoms with Gasteiger partial charge >= 0.3 is 6.09 Å². The average molecular weight is 534 g/mol. The molecule has 39 heavy (non-hydrogen) atoms. The van der Waals surface area contributed by atoms with Gasteiger partial charge in [0, 0.05) is 24.8 Å². The van der Waals surface area contributed by atoms with Crippen molar-refractivity contribution in [2.24, 2.45) is 5.92 Å². The van der Waals surface area contributed by atoms with Crippen molar-refractivity contribution in [1.82, 2.24) is 29.5 Å². The summed E-state index contributed by atoms with van der Waals surface area (Å²) >= 11 is 0. The summed E-state index contributed by atoms with van der Waals surface area (Å²) < 4.78 is 15.8. The summed E-state index contributed by atoms with van der Waals surface area (Å²) in [5.41, 5.74) is 3.22. The van der Waals surface area contributed by atoms with E-state index in [1.807, 2.05) is 44.6 Å². The Balaban J connectivity index is 1.38. The monoisotopic (exact) mass is 533 g/mol. The van der Waals surface area contributed by atoms with E-state index >= 15 is 0 Å².